The fourth-order valence-corrected chi connectivity index (χ4v) is 4.34. The van der Waals surface area contributed by atoms with Crippen molar-refractivity contribution in [3.05, 3.63) is 54.2 Å². The van der Waals surface area contributed by atoms with Gasteiger partial charge in [-0.2, -0.15) is 5.26 Å². The van der Waals surface area contributed by atoms with Gasteiger partial charge in [0.05, 0.1) is 22.0 Å². The molecule has 3 rings (SSSR count). The van der Waals surface area contributed by atoms with Gasteiger partial charge in [-0.1, -0.05) is 12.1 Å². The third-order valence-electron chi connectivity index (χ3n) is 4.40. The van der Waals surface area contributed by atoms with Crippen molar-refractivity contribution in [2.75, 3.05) is 23.8 Å². The van der Waals surface area contributed by atoms with Gasteiger partial charge in [0.2, 0.25) is 15.7 Å². The maximum Gasteiger partial charge on any atom is 0.221 e. The predicted molar refractivity (Wildman–Crippen MR) is 116 cm³/mol. The highest BCUT2D eigenvalue weighted by Gasteiger charge is 2.33. The Balaban J connectivity index is 2.06. The second kappa shape index (κ2) is 9.51. The lowest BCUT2D eigenvalue weighted by atomic mass is 10.2. The molecule has 3 aromatic rings. The number of amides is 1. The molecule has 0 radical (unpaired) electrons. The zero-order valence-corrected chi connectivity index (χ0v) is 17.6. The summed E-state index contributed by atoms with van der Waals surface area (Å²) >= 11 is 0. The first kappa shape index (κ1) is 22.1. The average molecular weight is 439 g/mol. The fraction of sp³-hybridized carbons (Fsp3) is 0.238. The molecule has 0 bridgehead atoms. The van der Waals surface area contributed by atoms with Crippen LogP contribution in [-0.4, -0.2) is 42.6 Å². The number of para-hydroxylation sites is 2. The third kappa shape index (κ3) is 4.96. The molecule has 0 spiro atoms. The zero-order valence-electron chi connectivity index (χ0n) is 16.7. The van der Waals surface area contributed by atoms with E-state index in [1.54, 1.807) is 24.3 Å². The largest absolute Gasteiger partial charge is 0.396 e. The second-order valence-electron chi connectivity index (χ2n) is 6.71. The van der Waals surface area contributed by atoms with Crippen molar-refractivity contribution in [3.63, 3.8) is 0 Å². The summed E-state index contributed by atoms with van der Waals surface area (Å²) in [6.45, 7) is 1.63. The molecule has 1 atom stereocenters. The molecule has 1 amide bonds. The molecule has 0 aliphatic carbocycles. The molecule has 0 aliphatic heterocycles. The molecule has 1 heterocycles. The summed E-state index contributed by atoms with van der Waals surface area (Å²) in [4.78, 5) is 20.0. The molecular formula is C21H21N5O4S. The van der Waals surface area contributed by atoms with Crippen molar-refractivity contribution in [3.8, 4) is 6.07 Å². The molecule has 0 unspecified atom stereocenters. The van der Waals surface area contributed by atoms with Crippen LogP contribution in [0.3, 0.4) is 0 Å². The van der Waals surface area contributed by atoms with E-state index >= 15 is 0 Å². The van der Waals surface area contributed by atoms with Crippen LogP contribution in [0.5, 0.6) is 0 Å². The Morgan fingerprint density at radius 2 is 1.77 bits per heavy atom. The van der Waals surface area contributed by atoms with Gasteiger partial charge in [0.1, 0.15) is 5.69 Å². The van der Waals surface area contributed by atoms with Crippen LogP contribution in [0.1, 0.15) is 24.3 Å². The van der Waals surface area contributed by atoms with Gasteiger partial charge >= 0.3 is 0 Å². The van der Waals surface area contributed by atoms with Gasteiger partial charge in [0.15, 0.2) is 11.1 Å². The number of aromatic nitrogens is 2. The van der Waals surface area contributed by atoms with E-state index in [0.29, 0.717) is 29.7 Å². The number of hydrogen-bond donors (Lipinski definition) is 3. The number of carbonyl (C=O) groups excluding carboxylic acids is 1. The first-order valence-electron chi connectivity index (χ1n) is 9.49. The number of aliphatic hydroxyl groups is 1. The number of nitrogens with one attached hydrogen (secondary N) is 2. The zero-order chi connectivity index (χ0) is 22.4. The molecular weight excluding hydrogens is 418 g/mol. The van der Waals surface area contributed by atoms with E-state index in [2.05, 4.69) is 20.6 Å². The number of aliphatic hydroxyl groups excluding tert-OH is 1. The highest BCUT2D eigenvalue weighted by molar-refractivity contribution is 7.92. The van der Waals surface area contributed by atoms with Crippen LogP contribution in [-0.2, 0) is 14.6 Å². The Kier molecular flexibility index (Phi) is 6.79. The molecule has 0 saturated heterocycles. The van der Waals surface area contributed by atoms with Gasteiger partial charge in [-0.3, -0.25) is 4.79 Å². The smallest absolute Gasteiger partial charge is 0.221 e. The summed E-state index contributed by atoms with van der Waals surface area (Å²) < 4.78 is 26.5. The molecule has 10 heteroatoms. The van der Waals surface area contributed by atoms with E-state index in [1.165, 1.54) is 31.2 Å². The second-order valence-corrected chi connectivity index (χ2v) is 8.74. The summed E-state index contributed by atoms with van der Waals surface area (Å²) in [6.07, 6.45) is 0.419. The fourth-order valence-electron chi connectivity index (χ4n) is 2.96. The third-order valence-corrected chi connectivity index (χ3v) is 6.28. The van der Waals surface area contributed by atoms with Gasteiger partial charge < -0.3 is 15.7 Å². The maximum atomic E-state index is 13.3. The minimum Gasteiger partial charge on any atom is -0.396 e. The molecule has 3 N–H and O–H groups in total. The Labute approximate surface area is 179 Å². The molecule has 0 fully saturated rings. The van der Waals surface area contributed by atoms with Crippen LogP contribution < -0.4 is 10.6 Å². The van der Waals surface area contributed by atoms with Crippen molar-refractivity contribution >= 4 is 38.3 Å². The molecule has 1 aromatic heterocycles. The van der Waals surface area contributed by atoms with Gasteiger partial charge in [0, 0.05) is 25.8 Å². The maximum absolute atomic E-state index is 13.3. The summed E-state index contributed by atoms with van der Waals surface area (Å²) in [5, 5.41) is 22.8. The standard InChI is InChI=1S/C21H21N5O4S/c1-14(28)24-15-7-9-16(10-8-15)31(29,30)19(13-22)20-21(23-11-4-12-27)26-18-6-3-2-5-17(18)25-20/h2-3,5-10,19,27H,4,11-12H2,1H3,(H,23,26)(H,24,28)/t19-/m0/s1. The number of nitrogens with zero attached hydrogens (tertiary/aromatic N) is 3. The van der Waals surface area contributed by atoms with E-state index in [0.717, 1.165) is 0 Å². The first-order valence-corrected chi connectivity index (χ1v) is 11.0. The van der Waals surface area contributed by atoms with Crippen LogP contribution in [0, 0.1) is 11.3 Å². The van der Waals surface area contributed by atoms with E-state index < -0.39 is 15.1 Å². The molecule has 0 aliphatic rings. The Morgan fingerprint density at radius 3 is 2.35 bits per heavy atom. The van der Waals surface area contributed by atoms with Crippen LogP contribution in [0.25, 0.3) is 11.0 Å². The minimum atomic E-state index is -4.14. The number of fused-ring (bicyclic) bond motifs is 1. The van der Waals surface area contributed by atoms with Gasteiger partial charge in [0.25, 0.3) is 0 Å². The lowest BCUT2D eigenvalue weighted by Gasteiger charge is -2.16. The normalized spacial score (nSPS) is 12.2. The quantitative estimate of drug-likeness (QED) is 0.454. The number of benzene rings is 2. The summed E-state index contributed by atoms with van der Waals surface area (Å²) in [5.74, 6) is -0.104. The lowest BCUT2D eigenvalue weighted by Crippen LogP contribution is -2.18. The monoisotopic (exact) mass is 439 g/mol. The van der Waals surface area contributed by atoms with Crippen molar-refractivity contribution < 1.29 is 18.3 Å². The minimum absolute atomic E-state index is 0.00919. The Hall–Kier alpha value is -3.55. The van der Waals surface area contributed by atoms with E-state index in [9.17, 15) is 18.5 Å². The number of hydrogen-bond acceptors (Lipinski definition) is 8. The van der Waals surface area contributed by atoms with Crippen molar-refractivity contribution in [1.82, 2.24) is 9.97 Å². The van der Waals surface area contributed by atoms with Crippen LogP contribution in [0.2, 0.25) is 0 Å². The Bertz CT molecular complexity index is 1240. The van der Waals surface area contributed by atoms with E-state index in [-0.39, 0.29) is 28.9 Å². The number of carbonyl (C=O) groups is 1. The molecule has 160 valence electrons. The van der Waals surface area contributed by atoms with Gasteiger partial charge in [-0.15, -0.1) is 0 Å². The van der Waals surface area contributed by atoms with E-state index in [4.69, 9.17) is 5.11 Å². The van der Waals surface area contributed by atoms with Gasteiger partial charge in [-0.05, 0) is 42.8 Å². The van der Waals surface area contributed by atoms with Crippen LogP contribution >= 0.6 is 0 Å². The Morgan fingerprint density at radius 1 is 1.13 bits per heavy atom. The van der Waals surface area contributed by atoms with Crippen molar-refractivity contribution in [2.45, 2.75) is 23.5 Å². The average Bonchev–Trinajstić information content (AvgIpc) is 2.74. The summed E-state index contributed by atoms with van der Waals surface area (Å²) in [7, 11) is -4.14. The number of rotatable bonds is 8. The van der Waals surface area contributed by atoms with Crippen LogP contribution in [0.4, 0.5) is 11.5 Å². The molecule has 31 heavy (non-hydrogen) atoms. The summed E-state index contributed by atoms with van der Waals surface area (Å²) in [6, 6.07) is 14.4. The number of anilines is 2. The highest BCUT2D eigenvalue weighted by atomic mass is 32.2. The van der Waals surface area contributed by atoms with Crippen molar-refractivity contribution in [1.29, 1.82) is 5.26 Å². The number of nitriles is 1. The van der Waals surface area contributed by atoms with Crippen molar-refractivity contribution in [2.24, 2.45) is 0 Å². The lowest BCUT2D eigenvalue weighted by molar-refractivity contribution is -0.114. The molecule has 9 nitrogen and oxygen atoms in total. The molecule has 0 saturated carbocycles. The van der Waals surface area contributed by atoms with Crippen LogP contribution in [0.15, 0.2) is 53.4 Å². The molecule has 2 aromatic carbocycles. The predicted octanol–water partition coefficient (Wildman–Crippen LogP) is 2.42. The first-order chi connectivity index (χ1) is 14.9. The van der Waals surface area contributed by atoms with E-state index in [1.807, 2.05) is 6.07 Å². The SMILES string of the molecule is CC(=O)Nc1ccc(S(=O)(=O)[C@@H](C#N)c2nc3ccccc3nc2NCCCO)cc1. The highest BCUT2D eigenvalue weighted by Crippen LogP contribution is 2.32. The summed E-state index contributed by atoms with van der Waals surface area (Å²) in [5.41, 5.74) is 1.44. The van der Waals surface area contributed by atoms with Gasteiger partial charge in [-0.25, -0.2) is 18.4 Å². The number of sulfone groups is 1. The topological polar surface area (TPSA) is 145 Å².